The van der Waals surface area contributed by atoms with E-state index in [4.69, 9.17) is 0 Å². The molecule has 1 fully saturated rings. The number of hydrogen-bond donors (Lipinski definition) is 1. The maximum absolute atomic E-state index is 13.4. The lowest BCUT2D eigenvalue weighted by molar-refractivity contribution is -0.141. The Balaban J connectivity index is 1.81. The molecule has 0 aliphatic carbocycles. The molecule has 1 aliphatic heterocycles. The second kappa shape index (κ2) is 7.81. The van der Waals surface area contributed by atoms with E-state index in [0.717, 1.165) is 17.7 Å². The van der Waals surface area contributed by atoms with Crippen molar-refractivity contribution in [2.75, 3.05) is 13.6 Å². The van der Waals surface area contributed by atoms with Gasteiger partial charge in [0.1, 0.15) is 12.1 Å². The lowest BCUT2D eigenvalue weighted by Crippen LogP contribution is -2.44. The summed E-state index contributed by atoms with van der Waals surface area (Å²) in [5.41, 5.74) is -2.46. The predicted octanol–water partition coefficient (Wildman–Crippen LogP) is 3.13. The van der Waals surface area contributed by atoms with Crippen LogP contribution in [0.15, 0.2) is 54.6 Å². The maximum Gasteiger partial charge on any atom is 0.416 e. The fourth-order valence-corrected chi connectivity index (χ4v) is 3.39. The van der Waals surface area contributed by atoms with E-state index < -0.39 is 41.7 Å². The summed E-state index contributed by atoms with van der Waals surface area (Å²) in [5, 5.41) is 2.32. The van der Waals surface area contributed by atoms with Gasteiger partial charge in [-0.3, -0.25) is 14.5 Å². The van der Waals surface area contributed by atoms with Gasteiger partial charge in [0.2, 0.25) is 5.91 Å². The van der Waals surface area contributed by atoms with Crippen LogP contribution in [0.4, 0.5) is 18.0 Å². The van der Waals surface area contributed by atoms with Crippen molar-refractivity contribution in [1.82, 2.24) is 15.1 Å². The molecule has 158 valence electrons. The molecular weight excluding hydrogens is 399 g/mol. The zero-order valence-electron chi connectivity index (χ0n) is 16.4. The fraction of sp³-hybridized carbons (Fsp3) is 0.286. The quantitative estimate of drug-likeness (QED) is 0.757. The van der Waals surface area contributed by atoms with Crippen LogP contribution in [0.1, 0.15) is 23.6 Å². The number of halogens is 3. The Morgan fingerprint density at radius 1 is 1.07 bits per heavy atom. The second-order valence-corrected chi connectivity index (χ2v) is 7.23. The third-order valence-electron chi connectivity index (χ3n) is 5.03. The van der Waals surface area contributed by atoms with Crippen LogP contribution in [-0.4, -0.2) is 41.2 Å². The van der Waals surface area contributed by atoms with Gasteiger partial charge in [-0.1, -0.05) is 48.5 Å². The lowest BCUT2D eigenvalue weighted by Gasteiger charge is -2.26. The molecule has 30 heavy (non-hydrogen) atoms. The molecule has 9 heteroatoms. The van der Waals surface area contributed by atoms with Crippen LogP contribution >= 0.6 is 0 Å². The Kier molecular flexibility index (Phi) is 5.56. The first-order valence-electron chi connectivity index (χ1n) is 9.12. The van der Waals surface area contributed by atoms with Gasteiger partial charge in [-0.15, -0.1) is 0 Å². The first-order chi connectivity index (χ1) is 14.0. The highest BCUT2D eigenvalue weighted by atomic mass is 19.4. The summed E-state index contributed by atoms with van der Waals surface area (Å²) in [6, 6.07) is 12.7. The molecule has 2 aromatic rings. The Bertz CT molecular complexity index is 978. The van der Waals surface area contributed by atoms with Gasteiger partial charge < -0.3 is 10.2 Å². The highest BCUT2D eigenvalue weighted by molar-refractivity contribution is 6.09. The number of benzene rings is 2. The number of nitrogens with one attached hydrogen (secondary N) is 1. The molecule has 1 saturated heterocycles. The average molecular weight is 419 g/mol. The number of urea groups is 1. The standard InChI is InChI=1S/C21H20F3N3O3/c1-20(15-10-6-7-11-16(15)21(22,23)24)18(29)27(19(30)25-20)13-17(28)26(2)12-14-8-4-3-5-9-14/h3-11H,12-13H2,1-2H3,(H,25,30)/t20-/m1/s1. The van der Waals surface area contributed by atoms with E-state index in [1.807, 2.05) is 30.3 Å². The number of rotatable bonds is 5. The van der Waals surface area contributed by atoms with Gasteiger partial charge in [-0.2, -0.15) is 13.2 Å². The van der Waals surface area contributed by atoms with E-state index >= 15 is 0 Å². The zero-order chi connectivity index (χ0) is 22.1. The number of carbonyl (C=O) groups excluding carboxylic acids is 3. The molecule has 2 aromatic carbocycles. The first kappa shape index (κ1) is 21.4. The summed E-state index contributed by atoms with van der Waals surface area (Å²) in [5.74, 6) is -1.43. The van der Waals surface area contributed by atoms with E-state index in [2.05, 4.69) is 5.32 Å². The maximum atomic E-state index is 13.4. The van der Waals surface area contributed by atoms with Gasteiger partial charge in [-0.25, -0.2) is 4.79 Å². The third-order valence-corrected chi connectivity index (χ3v) is 5.03. The van der Waals surface area contributed by atoms with Gasteiger partial charge in [0.15, 0.2) is 0 Å². The predicted molar refractivity (Wildman–Crippen MR) is 102 cm³/mol. The molecule has 1 heterocycles. The molecule has 1 atom stereocenters. The van der Waals surface area contributed by atoms with Crippen molar-refractivity contribution in [3.8, 4) is 0 Å². The first-order valence-corrected chi connectivity index (χ1v) is 9.12. The van der Waals surface area contributed by atoms with Crippen LogP contribution in [0.3, 0.4) is 0 Å². The second-order valence-electron chi connectivity index (χ2n) is 7.23. The smallest absolute Gasteiger partial charge is 0.340 e. The van der Waals surface area contributed by atoms with Crippen LogP contribution in [0.2, 0.25) is 0 Å². The average Bonchev–Trinajstić information content (AvgIpc) is 2.92. The van der Waals surface area contributed by atoms with Crippen LogP contribution in [0.5, 0.6) is 0 Å². The minimum Gasteiger partial charge on any atom is -0.340 e. The van der Waals surface area contributed by atoms with E-state index in [1.54, 1.807) is 0 Å². The van der Waals surface area contributed by atoms with Gasteiger partial charge in [-0.05, 0) is 24.1 Å². The molecule has 4 amide bonds. The number of likely N-dealkylation sites (N-methyl/N-ethyl adjacent to an activating group) is 1. The highest BCUT2D eigenvalue weighted by Gasteiger charge is 2.52. The van der Waals surface area contributed by atoms with Crippen molar-refractivity contribution in [2.45, 2.75) is 25.2 Å². The van der Waals surface area contributed by atoms with E-state index in [9.17, 15) is 27.6 Å². The van der Waals surface area contributed by atoms with Crippen LogP contribution < -0.4 is 5.32 Å². The summed E-state index contributed by atoms with van der Waals surface area (Å²) in [4.78, 5) is 39.9. The number of nitrogens with zero attached hydrogens (tertiary/aromatic N) is 2. The highest BCUT2D eigenvalue weighted by Crippen LogP contribution is 2.39. The minimum atomic E-state index is -4.70. The molecule has 6 nitrogen and oxygen atoms in total. The van der Waals surface area contributed by atoms with Crippen molar-refractivity contribution in [3.63, 3.8) is 0 Å². The molecule has 0 saturated carbocycles. The van der Waals surface area contributed by atoms with E-state index in [-0.39, 0.29) is 12.1 Å². The Hall–Kier alpha value is -3.36. The Morgan fingerprint density at radius 2 is 1.67 bits per heavy atom. The molecule has 0 unspecified atom stereocenters. The summed E-state index contributed by atoms with van der Waals surface area (Å²) in [6.45, 7) is 0.894. The lowest BCUT2D eigenvalue weighted by atomic mass is 9.87. The van der Waals surface area contributed by atoms with Gasteiger partial charge >= 0.3 is 12.2 Å². The number of alkyl halides is 3. The number of imide groups is 1. The van der Waals surface area contributed by atoms with Crippen molar-refractivity contribution < 1.29 is 27.6 Å². The van der Waals surface area contributed by atoms with E-state index in [0.29, 0.717) is 4.90 Å². The normalized spacial score (nSPS) is 19.0. The van der Waals surface area contributed by atoms with Gasteiger partial charge in [0.05, 0.1) is 5.56 Å². The molecule has 3 rings (SSSR count). The van der Waals surface area contributed by atoms with Crippen molar-refractivity contribution in [2.24, 2.45) is 0 Å². The van der Waals surface area contributed by atoms with Crippen LogP contribution in [-0.2, 0) is 27.8 Å². The van der Waals surface area contributed by atoms with Crippen LogP contribution in [0, 0.1) is 0 Å². The molecule has 1 N–H and O–H groups in total. The molecular formula is C21H20F3N3O3. The molecule has 0 radical (unpaired) electrons. The molecule has 0 spiro atoms. The third kappa shape index (κ3) is 4.00. The van der Waals surface area contributed by atoms with Gasteiger partial charge in [0, 0.05) is 13.6 Å². The number of amides is 4. The topological polar surface area (TPSA) is 69.7 Å². The SMILES string of the molecule is CN(Cc1ccccc1)C(=O)CN1C(=O)N[C@](C)(c2ccccc2C(F)(F)F)C1=O. The molecule has 0 aromatic heterocycles. The molecule has 0 bridgehead atoms. The van der Waals surface area contributed by atoms with Crippen molar-refractivity contribution in [1.29, 1.82) is 0 Å². The largest absolute Gasteiger partial charge is 0.416 e. The zero-order valence-corrected chi connectivity index (χ0v) is 16.4. The summed E-state index contributed by atoms with van der Waals surface area (Å²) >= 11 is 0. The number of carbonyl (C=O) groups is 3. The summed E-state index contributed by atoms with van der Waals surface area (Å²) < 4.78 is 40.3. The van der Waals surface area contributed by atoms with Gasteiger partial charge in [0.25, 0.3) is 5.91 Å². The minimum absolute atomic E-state index is 0.261. The monoisotopic (exact) mass is 419 g/mol. The van der Waals surface area contributed by atoms with Crippen LogP contribution in [0.25, 0.3) is 0 Å². The van der Waals surface area contributed by atoms with Crippen molar-refractivity contribution >= 4 is 17.8 Å². The van der Waals surface area contributed by atoms with E-state index in [1.165, 1.54) is 31.0 Å². The Morgan fingerprint density at radius 3 is 2.30 bits per heavy atom. The van der Waals surface area contributed by atoms with Crippen molar-refractivity contribution in [3.05, 3.63) is 71.3 Å². The molecule has 1 aliphatic rings. The fourth-order valence-electron chi connectivity index (χ4n) is 3.39. The Labute approximate surface area is 171 Å². The summed E-state index contributed by atoms with van der Waals surface area (Å²) in [7, 11) is 1.52. The summed E-state index contributed by atoms with van der Waals surface area (Å²) in [6.07, 6.45) is -4.70. The number of hydrogen-bond acceptors (Lipinski definition) is 3.